The number of methoxy groups -OCH3 is 1. The van der Waals surface area contributed by atoms with Crippen molar-refractivity contribution in [1.29, 1.82) is 0 Å². The molecule has 1 N–H and O–H groups in total. The zero-order valence-corrected chi connectivity index (χ0v) is 24.5. The number of hydrogen-bond acceptors (Lipinski definition) is 8. The van der Waals surface area contributed by atoms with Gasteiger partial charge in [-0.2, -0.15) is 0 Å². The van der Waals surface area contributed by atoms with Crippen molar-refractivity contribution in [3.8, 4) is 5.75 Å². The number of carbonyl (C=O) groups is 2. The van der Waals surface area contributed by atoms with E-state index in [1.807, 2.05) is 57.5 Å². The van der Waals surface area contributed by atoms with E-state index >= 15 is 0 Å². The topological polar surface area (TPSA) is 90.9 Å². The Bertz CT molecular complexity index is 1370. The van der Waals surface area contributed by atoms with Crippen LogP contribution in [0.1, 0.15) is 46.7 Å². The summed E-state index contributed by atoms with van der Waals surface area (Å²) in [5, 5.41) is 2.92. The van der Waals surface area contributed by atoms with Crippen LogP contribution in [0.15, 0.2) is 61.3 Å². The standard InChI is InChI=1S/C32H40N6O3/c1-6-31(39)35-27-20-24(29(41-5)22-28(27)37(4)19-18-36(2)3)21-30-33-15-14-26(34-30)32(40)23-10-12-25(13-11-23)38-16-8-7-9-17-38/h6,10-15,20,22H,1,7-9,16-19,21H2,2-5H3,(H,35,39). The molecule has 2 heterocycles. The second-order valence-corrected chi connectivity index (χ2v) is 10.6. The van der Waals surface area contributed by atoms with Crippen LogP contribution < -0.4 is 19.9 Å². The highest BCUT2D eigenvalue weighted by atomic mass is 16.5. The quantitative estimate of drug-likeness (QED) is 0.259. The number of ketones is 1. The monoisotopic (exact) mass is 556 g/mol. The summed E-state index contributed by atoms with van der Waals surface area (Å²) < 4.78 is 5.73. The molecule has 216 valence electrons. The Morgan fingerprint density at radius 3 is 2.44 bits per heavy atom. The van der Waals surface area contributed by atoms with Gasteiger partial charge in [-0.15, -0.1) is 0 Å². The van der Waals surface area contributed by atoms with E-state index < -0.39 is 0 Å². The lowest BCUT2D eigenvalue weighted by atomic mass is 10.0. The average molecular weight is 557 g/mol. The molecule has 9 nitrogen and oxygen atoms in total. The maximum atomic E-state index is 13.3. The van der Waals surface area contributed by atoms with Crippen LogP contribution >= 0.6 is 0 Å². The molecule has 4 rings (SSSR count). The van der Waals surface area contributed by atoms with Gasteiger partial charge in [0, 0.05) is 68.7 Å². The number of anilines is 3. The minimum Gasteiger partial charge on any atom is -0.496 e. The minimum absolute atomic E-state index is 0.150. The van der Waals surface area contributed by atoms with Crippen LogP contribution in [-0.2, 0) is 11.2 Å². The molecule has 0 aliphatic carbocycles. The number of nitrogens with one attached hydrogen (secondary N) is 1. The first-order valence-electron chi connectivity index (χ1n) is 14.0. The van der Waals surface area contributed by atoms with Gasteiger partial charge in [0.1, 0.15) is 17.3 Å². The summed E-state index contributed by atoms with van der Waals surface area (Å²) in [6.45, 7) is 7.28. The lowest BCUT2D eigenvalue weighted by Gasteiger charge is -2.28. The molecule has 2 aromatic carbocycles. The lowest BCUT2D eigenvalue weighted by molar-refractivity contribution is -0.111. The van der Waals surface area contributed by atoms with E-state index in [2.05, 4.69) is 36.6 Å². The number of aromatic nitrogens is 2. The van der Waals surface area contributed by atoms with Crippen molar-refractivity contribution >= 4 is 28.8 Å². The van der Waals surface area contributed by atoms with Crippen LogP contribution in [0.25, 0.3) is 0 Å². The fourth-order valence-corrected chi connectivity index (χ4v) is 4.92. The van der Waals surface area contributed by atoms with Gasteiger partial charge in [-0.3, -0.25) is 9.59 Å². The number of likely N-dealkylation sites (N-methyl/N-ethyl adjacent to an activating group) is 2. The Labute approximate surface area is 242 Å². The molecule has 1 aromatic heterocycles. The first-order chi connectivity index (χ1) is 19.8. The molecule has 0 radical (unpaired) electrons. The van der Waals surface area contributed by atoms with Gasteiger partial charge in [-0.05, 0) is 75.8 Å². The average Bonchev–Trinajstić information content (AvgIpc) is 3.00. The Kier molecular flexibility index (Phi) is 10.1. The number of piperidine rings is 1. The molecule has 0 unspecified atom stereocenters. The third-order valence-electron chi connectivity index (χ3n) is 7.27. The van der Waals surface area contributed by atoms with E-state index in [0.29, 0.717) is 34.9 Å². The Morgan fingerprint density at radius 1 is 1.05 bits per heavy atom. The normalized spacial score (nSPS) is 13.1. The van der Waals surface area contributed by atoms with Crippen molar-refractivity contribution in [1.82, 2.24) is 14.9 Å². The highest BCUT2D eigenvalue weighted by molar-refractivity contribution is 6.07. The van der Waals surface area contributed by atoms with E-state index in [-0.39, 0.29) is 11.7 Å². The Hall–Kier alpha value is -4.24. The summed E-state index contributed by atoms with van der Waals surface area (Å²) in [5.41, 5.74) is 4.31. The van der Waals surface area contributed by atoms with Crippen molar-refractivity contribution in [2.75, 3.05) is 69.5 Å². The van der Waals surface area contributed by atoms with Crippen molar-refractivity contribution < 1.29 is 14.3 Å². The highest BCUT2D eigenvalue weighted by Crippen LogP contribution is 2.34. The van der Waals surface area contributed by atoms with Gasteiger partial charge in [0.15, 0.2) is 0 Å². The summed E-state index contributed by atoms with van der Waals surface area (Å²) >= 11 is 0. The number of ether oxygens (including phenoxy) is 1. The van der Waals surface area contributed by atoms with Crippen molar-refractivity contribution in [3.05, 3.63) is 84.0 Å². The van der Waals surface area contributed by atoms with Crippen LogP contribution in [0.5, 0.6) is 5.75 Å². The third kappa shape index (κ3) is 7.70. The zero-order valence-electron chi connectivity index (χ0n) is 24.5. The van der Waals surface area contributed by atoms with E-state index in [4.69, 9.17) is 4.74 Å². The molecular weight excluding hydrogens is 516 g/mol. The number of nitrogens with zero attached hydrogens (tertiary/aromatic N) is 5. The van der Waals surface area contributed by atoms with Gasteiger partial charge in [0.05, 0.1) is 18.5 Å². The predicted octanol–water partition coefficient (Wildman–Crippen LogP) is 4.42. The minimum atomic E-state index is -0.307. The molecule has 1 fully saturated rings. The summed E-state index contributed by atoms with van der Waals surface area (Å²) in [6, 6.07) is 13.2. The van der Waals surface area contributed by atoms with Crippen LogP contribution in [0.3, 0.4) is 0 Å². The van der Waals surface area contributed by atoms with Gasteiger partial charge < -0.3 is 24.8 Å². The lowest BCUT2D eigenvalue weighted by Crippen LogP contribution is -2.29. The molecule has 1 saturated heterocycles. The third-order valence-corrected chi connectivity index (χ3v) is 7.27. The van der Waals surface area contributed by atoms with Crippen LogP contribution in [0.2, 0.25) is 0 Å². The first kappa shape index (κ1) is 29.7. The zero-order chi connectivity index (χ0) is 29.4. The summed E-state index contributed by atoms with van der Waals surface area (Å²) in [4.78, 5) is 41.1. The molecule has 9 heteroatoms. The molecule has 3 aromatic rings. The molecule has 1 aliphatic heterocycles. The van der Waals surface area contributed by atoms with E-state index in [0.717, 1.165) is 43.1 Å². The van der Waals surface area contributed by atoms with Gasteiger partial charge in [-0.1, -0.05) is 6.58 Å². The molecule has 1 amide bonds. The molecule has 0 saturated carbocycles. The second-order valence-electron chi connectivity index (χ2n) is 10.6. The van der Waals surface area contributed by atoms with Gasteiger partial charge in [0.25, 0.3) is 0 Å². The van der Waals surface area contributed by atoms with E-state index in [1.165, 1.54) is 25.3 Å². The predicted molar refractivity (Wildman–Crippen MR) is 164 cm³/mol. The van der Waals surface area contributed by atoms with Gasteiger partial charge >= 0.3 is 0 Å². The van der Waals surface area contributed by atoms with Crippen LogP contribution in [0.4, 0.5) is 17.1 Å². The molecule has 0 bridgehead atoms. The fourth-order valence-electron chi connectivity index (χ4n) is 4.92. The molecule has 41 heavy (non-hydrogen) atoms. The largest absolute Gasteiger partial charge is 0.496 e. The van der Waals surface area contributed by atoms with Gasteiger partial charge in [0.2, 0.25) is 11.7 Å². The molecule has 0 atom stereocenters. The van der Waals surface area contributed by atoms with Crippen molar-refractivity contribution in [3.63, 3.8) is 0 Å². The summed E-state index contributed by atoms with van der Waals surface area (Å²) in [7, 11) is 7.61. The summed E-state index contributed by atoms with van der Waals surface area (Å²) in [5.74, 6) is 0.664. The second kappa shape index (κ2) is 13.9. The molecular formula is C32H40N6O3. The number of benzene rings is 2. The highest BCUT2D eigenvalue weighted by Gasteiger charge is 2.18. The summed E-state index contributed by atoms with van der Waals surface area (Å²) in [6.07, 6.45) is 6.84. The maximum Gasteiger partial charge on any atom is 0.247 e. The number of carbonyl (C=O) groups excluding carboxylic acids is 2. The molecule has 1 aliphatic rings. The van der Waals surface area contributed by atoms with Crippen molar-refractivity contribution in [2.45, 2.75) is 25.7 Å². The molecule has 0 spiro atoms. The Balaban J connectivity index is 1.57. The number of rotatable bonds is 12. The smallest absolute Gasteiger partial charge is 0.247 e. The van der Waals surface area contributed by atoms with Gasteiger partial charge in [-0.25, -0.2) is 9.97 Å². The maximum absolute atomic E-state index is 13.3. The number of amides is 1. The Morgan fingerprint density at radius 2 is 1.78 bits per heavy atom. The first-order valence-corrected chi connectivity index (χ1v) is 14.0. The van der Waals surface area contributed by atoms with E-state index in [1.54, 1.807) is 19.4 Å². The van der Waals surface area contributed by atoms with E-state index in [9.17, 15) is 9.59 Å². The van der Waals surface area contributed by atoms with Crippen molar-refractivity contribution in [2.24, 2.45) is 0 Å². The SMILES string of the molecule is C=CC(=O)Nc1cc(Cc2nccc(C(=O)c3ccc(N4CCCCC4)cc3)n2)c(OC)cc1N(C)CCN(C)C. The van der Waals surface area contributed by atoms with Crippen LogP contribution in [-0.4, -0.2) is 81.0 Å². The number of hydrogen-bond donors (Lipinski definition) is 1. The fraction of sp³-hybridized carbons (Fsp3) is 0.375. The van der Waals surface area contributed by atoms with Crippen LogP contribution in [0, 0.1) is 0 Å².